The summed E-state index contributed by atoms with van der Waals surface area (Å²) in [5.74, 6) is 0.696. The number of aldehydes is 1. The van der Waals surface area contributed by atoms with Crippen LogP contribution in [0.15, 0.2) is 61.2 Å². The van der Waals surface area contributed by atoms with Gasteiger partial charge in [0.2, 0.25) is 5.88 Å². The Bertz CT molecular complexity index is 1260. The average molecular weight is 484 g/mol. The van der Waals surface area contributed by atoms with Crippen LogP contribution in [0.1, 0.15) is 28.8 Å². The van der Waals surface area contributed by atoms with Gasteiger partial charge in [0.05, 0.1) is 16.6 Å². The fourth-order valence-electron chi connectivity index (χ4n) is 3.73. The van der Waals surface area contributed by atoms with Crippen molar-refractivity contribution in [2.24, 2.45) is 0 Å². The molecule has 5 heterocycles. The number of rotatable bonds is 5. The third kappa shape index (κ3) is 5.80. The molecule has 1 aliphatic rings. The molecule has 182 valence electrons. The highest BCUT2D eigenvalue weighted by molar-refractivity contribution is 5.93. The number of hydrogen-bond donors (Lipinski definition) is 0. The Balaban J connectivity index is 0.000000165. The number of nitrogens with zero attached hydrogens (tertiary/aromatic N) is 6. The lowest BCUT2D eigenvalue weighted by Gasteiger charge is -2.19. The summed E-state index contributed by atoms with van der Waals surface area (Å²) in [6.45, 7) is 1.50. The number of alkyl halides is 3. The van der Waals surface area contributed by atoms with Crippen LogP contribution in [0.3, 0.4) is 0 Å². The molecule has 11 heteroatoms. The molecule has 5 rings (SSSR count). The van der Waals surface area contributed by atoms with E-state index in [1.54, 1.807) is 29.2 Å². The maximum atomic E-state index is 12.3. The number of likely N-dealkylation sites (tertiary alicyclic amines) is 1. The average Bonchev–Trinajstić information content (AvgIpc) is 3.46. The maximum Gasteiger partial charge on any atom is 0.417 e. The number of ether oxygens (including phenoxy) is 1. The Morgan fingerprint density at radius 1 is 1.11 bits per heavy atom. The van der Waals surface area contributed by atoms with Gasteiger partial charge in [-0.05, 0) is 50.7 Å². The normalized spacial score (nSPS) is 16.1. The zero-order chi connectivity index (χ0) is 24.8. The number of fused-ring (bicyclic) bond motifs is 1. The van der Waals surface area contributed by atoms with Crippen molar-refractivity contribution in [3.63, 3.8) is 0 Å². The minimum Gasteiger partial charge on any atom is -0.476 e. The van der Waals surface area contributed by atoms with Crippen molar-refractivity contribution in [2.75, 3.05) is 20.2 Å². The van der Waals surface area contributed by atoms with Crippen LogP contribution in [0.25, 0.3) is 17.0 Å². The van der Waals surface area contributed by atoms with Crippen LogP contribution in [-0.4, -0.2) is 62.0 Å². The Labute approximate surface area is 199 Å². The molecule has 8 nitrogen and oxygen atoms in total. The summed E-state index contributed by atoms with van der Waals surface area (Å²) >= 11 is 0. The molecule has 1 unspecified atom stereocenters. The first-order valence-electron chi connectivity index (χ1n) is 10.9. The first-order valence-corrected chi connectivity index (χ1v) is 10.9. The van der Waals surface area contributed by atoms with Crippen LogP contribution in [0.2, 0.25) is 0 Å². The molecule has 0 spiro atoms. The topological polar surface area (TPSA) is 85.5 Å². The van der Waals surface area contributed by atoms with E-state index in [4.69, 9.17) is 4.74 Å². The number of likely N-dealkylation sites (N-methyl/N-ethyl adjacent to an activating group) is 1. The second kappa shape index (κ2) is 10.6. The van der Waals surface area contributed by atoms with Gasteiger partial charge in [-0.2, -0.15) is 18.3 Å². The highest BCUT2D eigenvalue weighted by Gasteiger charge is 2.30. The molecule has 0 bridgehead atoms. The fourth-order valence-corrected chi connectivity index (χ4v) is 3.73. The number of halogens is 3. The highest BCUT2D eigenvalue weighted by Crippen LogP contribution is 2.29. The van der Waals surface area contributed by atoms with E-state index in [0.717, 1.165) is 43.5 Å². The van der Waals surface area contributed by atoms with Gasteiger partial charge in [0.15, 0.2) is 12.1 Å². The summed E-state index contributed by atoms with van der Waals surface area (Å²) in [7, 11) is 2.02. The summed E-state index contributed by atoms with van der Waals surface area (Å²) < 4.78 is 44.0. The van der Waals surface area contributed by atoms with Gasteiger partial charge in [-0.25, -0.2) is 19.5 Å². The molecule has 0 saturated carbocycles. The van der Waals surface area contributed by atoms with Crippen LogP contribution < -0.4 is 4.74 Å². The molecule has 35 heavy (non-hydrogen) atoms. The first kappa shape index (κ1) is 24.3. The lowest BCUT2D eigenvalue weighted by molar-refractivity contribution is -0.137. The molecule has 1 atom stereocenters. The van der Waals surface area contributed by atoms with Crippen LogP contribution >= 0.6 is 0 Å². The van der Waals surface area contributed by atoms with Crippen molar-refractivity contribution in [1.29, 1.82) is 0 Å². The van der Waals surface area contributed by atoms with Crippen molar-refractivity contribution in [1.82, 2.24) is 29.5 Å². The summed E-state index contributed by atoms with van der Waals surface area (Å²) in [5.41, 5.74) is 1.02. The van der Waals surface area contributed by atoms with E-state index in [2.05, 4.69) is 25.0 Å². The third-order valence-corrected chi connectivity index (χ3v) is 5.63. The molecular weight excluding hydrogens is 461 g/mol. The van der Waals surface area contributed by atoms with Gasteiger partial charge >= 0.3 is 6.18 Å². The van der Waals surface area contributed by atoms with Crippen LogP contribution in [0.4, 0.5) is 13.2 Å². The Kier molecular flexibility index (Phi) is 7.35. The molecule has 0 radical (unpaired) electrons. The largest absolute Gasteiger partial charge is 0.476 e. The van der Waals surface area contributed by atoms with Gasteiger partial charge < -0.3 is 9.64 Å². The van der Waals surface area contributed by atoms with Crippen molar-refractivity contribution < 1.29 is 22.7 Å². The van der Waals surface area contributed by atoms with Crippen LogP contribution in [-0.2, 0) is 6.18 Å². The van der Waals surface area contributed by atoms with Gasteiger partial charge in [-0.1, -0.05) is 6.07 Å². The first-order chi connectivity index (χ1) is 16.9. The van der Waals surface area contributed by atoms with E-state index in [9.17, 15) is 18.0 Å². The number of carbonyl (C=O) groups excluding carboxylic acids is 1. The van der Waals surface area contributed by atoms with Crippen LogP contribution in [0, 0.1) is 0 Å². The molecule has 1 saturated heterocycles. The van der Waals surface area contributed by atoms with Gasteiger partial charge in [-0.15, -0.1) is 0 Å². The second-order valence-electron chi connectivity index (χ2n) is 7.95. The van der Waals surface area contributed by atoms with Gasteiger partial charge in [0.1, 0.15) is 12.3 Å². The van der Waals surface area contributed by atoms with Crippen molar-refractivity contribution in [2.45, 2.75) is 25.1 Å². The number of carbonyl (C=O) groups is 1. The minimum absolute atomic E-state index is 0.239. The standard InChI is InChI=1S/C12H15F3N2O.C12H8N4O/c1-17-6-2-3-10(17)8-18-11-5-4-9(7-16-11)12(13,14)15;17-8-9-10-4-1-2-7-16(10)15-11(9)12-13-5-3-6-14-12/h4-5,7,10H,2-3,6,8H2,1H3;1-8H. The molecule has 0 N–H and O–H groups in total. The fraction of sp³-hybridized carbons (Fsp3) is 0.292. The monoisotopic (exact) mass is 484 g/mol. The lowest BCUT2D eigenvalue weighted by Crippen LogP contribution is -2.30. The number of aromatic nitrogens is 5. The van der Waals surface area contributed by atoms with E-state index >= 15 is 0 Å². The highest BCUT2D eigenvalue weighted by atomic mass is 19.4. The summed E-state index contributed by atoms with van der Waals surface area (Å²) in [5, 5.41) is 4.31. The lowest BCUT2D eigenvalue weighted by atomic mass is 10.2. The number of hydrogen-bond acceptors (Lipinski definition) is 7. The van der Waals surface area contributed by atoms with E-state index in [1.807, 2.05) is 25.2 Å². The quantitative estimate of drug-likeness (QED) is 0.393. The molecule has 0 amide bonds. The van der Waals surface area contributed by atoms with Gasteiger partial charge in [0, 0.05) is 36.9 Å². The predicted octanol–water partition coefficient (Wildman–Crippen LogP) is 4.18. The molecule has 1 aliphatic heterocycles. The van der Waals surface area contributed by atoms with Crippen molar-refractivity contribution >= 4 is 11.8 Å². The zero-order valence-electron chi connectivity index (χ0n) is 18.9. The molecule has 4 aromatic rings. The van der Waals surface area contributed by atoms with E-state index in [0.29, 0.717) is 29.7 Å². The molecule has 1 fully saturated rings. The van der Waals surface area contributed by atoms with Crippen LogP contribution in [0.5, 0.6) is 5.88 Å². The van der Waals surface area contributed by atoms with E-state index in [-0.39, 0.29) is 5.88 Å². The Morgan fingerprint density at radius 2 is 1.91 bits per heavy atom. The Hall–Kier alpha value is -3.86. The summed E-state index contributed by atoms with van der Waals surface area (Å²) in [6, 6.07) is 9.85. The molecule has 0 aliphatic carbocycles. The SMILES string of the molecule is CN1CCCC1COc1ccc(C(F)(F)F)cn1.O=Cc1c(-c2ncccn2)nn2ccccc12. The molecular formula is C24H23F3N6O2. The van der Waals surface area contributed by atoms with E-state index < -0.39 is 11.7 Å². The summed E-state index contributed by atoms with van der Waals surface area (Å²) in [4.78, 5) is 25.2. The zero-order valence-corrected chi connectivity index (χ0v) is 18.9. The van der Waals surface area contributed by atoms with E-state index in [1.165, 1.54) is 6.07 Å². The minimum atomic E-state index is -4.35. The van der Waals surface area contributed by atoms with Crippen molar-refractivity contribution in [3.8, 4) is 17.4 Å². The molecule has 4 aromatic heterocycles. The van der Waals surface area contributed by atoms with Crippen molar-refractivity contribution in [3.05, 3.63) is 72.3 Å². The maximum absolute atomic E-state index is 12.3. The predicted molar refractivity (Wildman–Crippen MR) is 122 cm³/mol. The van der Waals surface area contributed by atoms with Gasteiger partial charge in [0.25, 0.3) is 0 Å². The second-order valence-corrected chi connectivity index (χ2v) is 7.95. The third-order valence-electron chi connectivity index (χ3n) is 5.63. The number of pyridine rings is 2. The molecule has 0 aromatic carbocycles. The smallest absolute Gasteiger partial charge is 0.417 e. The Morgan fingerprint density at radius 3 is 2.54 bits per heavy atom. The summed E-state index contributed by atoms with van der Waals surface area (Å²) in [6.07, 6.45) is 4.46. The van der Waals surface area contributed by atoms with Gasteiger partial charge in [-0.3, -0.25) is 4.79 Å².